The number of hydrogen-bond acceptors (Lipinski definition) is 3. The highest BCUT2D eigenvalue weighted by Crippen LogP contribution is 2.16. The molecule has 16 heavy (non-hydrogen) atoms. The average molecular weight is 211 g/mol. The number of benzene rings is 1. The van der Waals surface area contributed by atoms with Crippen LogP contribution in [0.15, 0.2) is 36.7 Å². The van der Waals surface area contributed by atoms with Gasteiger partial charge >= 0.3 is 5.97 Å². The van der Waals surface area contributed by atoms with Crippen molar-refractivity contribution in [2.24, 2.45) is 0 Å². The first-order chi connectivity index (χ1) is 7.81. The monoisotopic (exact) mass is 211 g/mol. The van der Waals surface area contributed by atoms with Gasteiger partial charge in [0.2, 0.25) is 0 Å². The lowest BCUT2D eigenvalue weighted by molar-refractivity contribution is -0.133. The van der Waals surface area contributed by atoms with Crippen LogP contribution >= 0.6 is 0 Å². The van der Waals surface area contributed by atoms with Gasteiger partial charge in [-0.25, -0.2) is 4.79 Å². The number of methoxy groups -OCH3 is 1. The third kappa shape index (κ3) is 2.01. The molecule has 3 heteroatoms. The zero-order valence-corrected chi connectivity index (χ0v) is 8.73. The molecule has 0 N–H and O–H groups in total. The first-order valence-corrected chi connectivity index (χ1v) is 4.74. The summed E-state index contributed by atoms with van der Waals surface area (Å²) in [6.07, 6.45) is 3.46. The van der Waals surface area contributed by atoms with Crippen molar-refractivity contribution >= 4 is 16.7 Å². The molecule has 0 unspecified atom stereocenters. The molecule has 0 amide bonds. The number of rotatable bonds is 0. The SMILES string of the molecule is COC(=O)C#Cc1cccc2cnccc12. The number of ether oxygens (including phenoxy) is 1. The topological polar surface area (TPSA) is 39.2 Å². The van der Waals surface area contributed by atoms with Gasteiger partial charge in [-0.2, -0.15) is 0 Å². The van der Waals surface area contributed by atoms with E-state index in [1.165, 1.54) is 7.11 Å². The second kappa shape index (κ2) is 4.45. The zero-order chi connectivity index (χ0) is 11.4. The molecule has 0 atom stereocenters. The maximum absolute atomic E-state index is 10.9. The Hall–Kier alpha value is -2.34. The van der Waals surface area contributed by atoms with Gasteiger partial charge in [0.25, 0.3) is 0 Å². The summed E-state index contributed by atoms with van der Waals surface area (Å²) in [4.78, 5) is 14.9. The lowest BCUT2D eigenvalue weighted by atomic mass is 10.1. The fraction of sp³-hybridized carbons (Fsp3) is 0.0769. The molecule has 2 rings (SSSR count). The van der Waals surface area contributed by atoms with Crippen LogP contribution in [0.1, 0.15) is 5.56 Å². The normalized spacial score (nSPS) is 9.31. The summed E-state index contributed by atoms with van der Waals surface area (Å²) in [5.74, 6) is 4.66. The molecule has 0 saturated heterocycles. The van der Waals surface area contributed by atoms with Crippen molar-refractivity contribution in [2.45, 2.75) is 0 Å². The predicted molar refractivity (Wildman–Crippen MR) is 60.6 cm³/mol. The number of carbonyl (C=O) groups excluding carboxylic acids is 1. The van der Waals surface area contributed by atoms with Gasteiger partial charge < -0.3 is 4.74 Å². The summed E-state index contributed by atoms with van der Waals surface area (Å²) in [5.41, 5.74) is 0.797. The van der Waals surface area contributed by atoms with Crippen LogP contribution in [0.5, 0.6) is 0 Å². The zero-order valence-electron chi connectivity index (χ0n) is 8.73. The smallest absolute Gasteiger partial charge is 0.384 e. The van der Waals surface area contributed by atoms with E-state index in [0.717, 1.165) is 16.3 Å². The van der Waals surface area contributed by atoms with Gasteiger partial charge in [0.15, 0.2) is 0 Å². The van der Waals surface area contributed by atoms with E-state index in [1.54, 1.807) is 12.4 Å². The van der Waals surface area contributed by atoms with Crippen LogP contribution in [-0.2, 0) is 9.53 Å². The van der Waals surface area contributed by atoms with Gasteiger partial charge in [-0.3, -0.25) is 4.98 Å². The van der Waals surface area contributed by atoms with Crippen LogP contribution in [0.2, 0.25) is 0 Å². The van der Waals surface area contributed by atoms with Gasteiger partial charge in [-0.05, 0) is 12.1 Å². The minimum atomic E-state index is -0.536. The first-order valence-electron chi connectivity index (χ1n) is 4.74. The Morgan fingerprint density at radius 2 is 2.25 bits per heavy atom. The Kier molecular flexibility index (Phi) is 2.84. The largest absolute Gasteiger partial charge is 0.459 e. The van der Waals surface area contributed by atoms with E-state index in [4.69, 9.17) is 0 Å². The standard InChI is InChI=1S/C13H9NO2/c1-16-13(15)6-5-10-3-2-4-11-9-14-8-7-12(10)11/h2-4,7-9H,1H3. The molecule has 1 heterocycles. The van der Waals surface area contributed by atoms with Crippen LogP contribution in [0.4, 0.5) is 0 Å². The van der Waals surface area contributed by atoms with Crippen molar-refractivity contribution in [3.8, 4) is 11.8 Å². The Labute approximate surface area is 93.1 Å². The molecule has 0 aliphatic rings. The molecule has 0 spiro atoms. The fourth-order valence-electron chi connectivity index (χ4n) is 1.40. The number of fused-ring (bicyclic) bond motifs is 1. The van der Waals surface area contributed by atoms with Crippen molar-refractivity contribution in [2.75, 3.05) is 7.11 Å². The summed E-state index contributed by atoms with van der Waals surface area (Å²) >= 11 is 0. The lowest BCUT2D eigenvalue weighted by Crippen LogP contribution is -1.94. The minimum Gasteiger partial charge on any atom is -0.459 e. The minimum absolute atomic E-state index is 0.536. The summed E-state index contributed by atoms with van der Waals surface area (Å²) in [6, 6.07) is 7.56. The number of esters is 1. The van der Waals surface area contributed by atoms with Gasteiger partial charge in [-0.1, -0.05) is 18.1 Å². The molecule has 2 aromatic rings. The number of aromatic nitrogens is 1. The van der Waals surface area contributed by atoms with Crippen LogP contribution < -0.4 is 0 Å². The highest BCUT2D eigenvalue weighted by Gasteiger charge is 1.97. The van der Waals surface area contributed by atoms with E-state index < -0.39 is 5.97 Å². The first kappa shape index (κ1) is 10.2. The molecule has 0 saturated carbocycles. The molecule has 0 bridgehead atoms. The van der Waals surface area contributed by atoms with E-state index in [1.807, 2.05) is 24.3 Å². The molecule has 0 aliphatic heterocycles. The summed E-state index contributed by atoms with van der Waals surface area (Å²) < 4.78 is 4.46. The van der Waals surface area contributed by atoms with Crippen LogP contribution in [0.25, 0.3) is 10.8 Å². The molecule has 0 radical (unpaired) electrons. The Morgan fingerprint density at radius 3 is 3.06 bits per heavy atom. The van der Waals surface area contributed by atoms with Crippen molar-refractivity contribution in [1.82, 2.24) is 4.98 Å². The second-order valence-electron chi connectivity index (χ2n) is 3.14. The molecule has 1 aromatic carbocycles. The lowest BCUT2D eigenvalue weighted by Gasteiger charge is -1.98. The maximum atomic E-state index is 10.9. The quantitative estimate of drug-likeness (QED) is 0.492. The average Bonchev–Trinajstić information content (AvgIpc) is 2.35. The molecular weight excluding hydrogens is 202 g/mol. The van der Waals surface area contributed by atoms with Gasteiger partial charge in [0.1, 0.15) is 0 Å². The molecule has 0 fully saturated rings. The third-order valence-electron chi connectivity index (χ3n) is 2.17. The summed E-state index contributed by atoms with van der Waals surface area (Å²) in [6.45, 7) is 0. The van der Waals surface area contributed by atoms with E-state index in [0.29, 0.717) is 0 Å². The Bertz CT molecular complexity index is 588. The van der Waals surface area contributed by atoms with Crippen LogP contribution in [0, 0.1) is 11.8 Å². The van der Waals surface area contributed by atoms with E-state index in [2.05, 4.69) is 21.6 Å². The van der Waals surface area contributed by atoms with Crippen molar-refractivity contribution in [1.29, 1.82) is 0 Å². The number of pyridine rings is 1. The second-order valence-corrected chi connectivity index (χ2v) is 3.14. The van der Waals surface area contributed by atoms with Gasteiger partial charge in [-0.15, -0.1) is 0 Å². The predicted octanol–water partition coefficient (Wildman–Crippen LogP) is 1.76. The fourth-order valence-corrected chi connectivity index (χ4v) is 1.40. The van der Waals surface area contributed by atoms with Crippen LogP contribution in [-0.4, -0.2) is 18.1 Å². The highest BCUT2D eigenvalue weighted by atomic mass is 16.5. The maximum Gasteiger partial charge on any atom is 0.384 e. The highest BCUT2D eigenvalue weighted by molar-refractivity contribution is 5.92. The molecule has 78 valence electrons. The van der Waals surface area contributed by atoms with Crippen molar-refractivity contribution < 1.29 is 9.53 Å². The van der Waals surface area contributed by atoms with Crippen molar-refractivity contribution in [3.63, 3.8) is 0 Å². The Morgan fingerprint density at radius 1 is 1.38 bits per heavy atom. The van der Waals surface area contributed by atoms with Crippen molar-refractivity contribution in [3.05, 3.63) is 42.2 Å². The molecule has 1 aromatic heterocycles. The van der Waals surface area contributed by atoms with E-state index >= 15 is 0 Å². The van der Waals surface area contributed by atoms with E-state index in [-0.39, 0.29) is 0 Å². The van der Waals surface area contributed by atoms with Crippen LogP contribution in [0.3, 0.4) is 0 Å². The molecule has 3 nitrogen and oxygen atoms in total. The van der Waals surface area contributed by atoms with Gasteiger partial charge in [0.05, 0.1) is 7.11 Å². The number of nitrogens with zero attached hydrogens (tertiary/aromatic N) is 1. The number of carbonyl (C=O) groups is 1. The van der Waals surface area contributed by atoms with E-state index in [9.17, 15) is 4.79 Å². The molecule has 0 aliphatic carbocycles. The number of hydrogen-bond donors (Lipinski definition) is 0. The summed E-state index contributed by atoms with van der Waals surface area (Å²) in [5, 5.41) is 1.98. The molecular formula is C13H9NO2. The third-order valence-corrected chi connectivity index (χ3v) is 2.17. The Balaban J connectivity index is 2.51. The van der Waals surface area contributed by atoms with Gasteiger partial charge in [0, 0.05) is 34.7 Å². The summed E-state index contributed by atoms with van der Waals surface area (Å²) in [7, 11) is 1.31.